The minimum atomic E-state index is 0.902. The lowest BCUT2D eigenvalue weighted by molar-refractivity contribution is 0.670. The maximum atomic E-state index is 6.45. The first-order chi connectivity index (χ1) is 31.7. The second kappa shape index (κ2) is 14.5. The van der Waals surface area contributed by atoms with Crippen LogP contribution in [0.3, 0.4) is 0 Å². The molecular formula is C60H39N3O. The van der Waals surface area contributed by atoms with Gasteiger partial charge in [0.2, 0.25) is 0 Å². The van der Waals surface area contributed by atoms with Gasteiger partial charge in [0.05, 0.1) is 22.1 Å². The molecule has 4 heteroatoms. The minimum Gasteiger partial charge on any atom is -0.455 e. The largest absolute Gasteiger partial charge is 0.455 e. The fourth-order valence-corrected chi connectivity index (χ4v) is 9.97. The van der Waals surface area contributed by atoms with E-state index in [4.69, 9.17) is 4.42 Å². The summed E-state index contributed by atoms with van der Waals surface area (Å²) < 4.78 is 11.2. The number of nitrogens with zero attached hydrogens (tertiary/aromatic N) is 3. The van der Waals surface area contributed by atoms with Gasteiger partial charge in [0, 0.05) is 66.3 Å². The van der Waals surface area contributed by atoms with Crippen molar-refractivity contribution in [1.29, 1.82) is 0 Å². The van der Waals surface area contributed by atoms with Crippen LogP contribution in [0.15, 0.2) is 241 Å². The zero-order valence-electron chi connectivity index (χ0n) is 34.8. The van der Waals surface area contributed by atoms with Crippen molar-refractivity contribution in [1.82, 2.24) is 9.13 Å². The first-order valence-electron chi connectivity index (χ1n) is 21.8. The number of hydrogen-bond acceptors (Lipinski definition) is 2. The summed E-state index contributed by atoms with van der Waals surface area (Å²) in [4.78, 5) is 2.35. The van der Waals surface area contributed by atoms with Gasteiger partial charge in [-0.3, -0.25) is 0 Å². The Morgan fingerprint density at radius 2 is 0.750 bits per heavy atom. The molecule has 3 aromatic heterocycles. The Hall–Kier alpha value is -8.60. The van der Waals surface area contributed by atoms with Crippen LogP contribution >= 0.6 is 0 Å². The van der Waals surface area contributed by atoms with E-state index >= 15 is 0 Å². The SMILES string of the molecule is c1ccc(-n2c3ccccc3c3cc(-c4ccc(N(c5ccc(-c6cccc7c6oc6ccccc67)cc5)c5ccc(-n6c7ccccc7c7ccccc76)cc5)cc4)ccc32)cc1. The van der Waals surface area contributed by atoms with Crippen LogP contribution in [-0.4, -0.2) is 9.13 Å². The molecule has 300 valence electrons. The molecule has 0 aliphatic heterocycles. The molecule has 0 saturated carbocycles. The predicted octanol–water partition coefficient (Wildman–Crippen LogP) is 16.6. The fourth-order valence-electron chi connectivity index (χ4n) is 9.97. The van der Waals surface area contributed by atoms with Crippen LogP contribution in [0, 0.1) is 0 Å². The summed E-state index contributed by atoms with van der Waals surface area (Å²) in [6.07, 6.45) is 0. The average Bonchev–Trinajstić information content (AvgIpc) is 4.03. The van der Waals surface area contributed by atoms with E-state index in [-0.39, 0.29) is 0 Å². The number of para-hydroxylation sites is 6. The van der Waals surface area contributed by atoms with Crippen molar-refractivity contribution >= 4 is 82.6 Å². The summed E-state index contributed by atoms with van der Waals surface area (Å²) in [5, 5.41) is 7.25. The topological polar surface area (TPSA) is 26.2 Å². The number of fused-ring (bicyclic) bond motifs is 9. The summed E-state index contributed by atoms with van der Waals surface area (Å²) in [6.45, 7) is 0. The second-order valence-electron chi connectivity index (χ2n) is 16.5. The molecule has 0 unspecified atom stereocenters. The van der Waals surface area contributed by atoms with Crippen molar-refractivity contribution < 1.29 is 4.42 Å². The van der Waals surface area contributed by atoms with Crippen LogP contribution in [0.1, 0.15) is 0 Å². The van der Waals surface area contributed by atoms with Crippen molar-refractivity contribution in [3.8, 4) is 33.6 Å². The molecule has 0 radical (unpaired) electrons. The van der Waals surface area contributed by atoms with Gasteiger partial charge in [0.15, 0.2) is 0 Å². The highest BCUT2D eigenvalue weighted by molar-refractivity contribution is 6.12. The van der Waals surface area contributed by atoms with E-state index in [9.17, 15) is 0 Å². The molecule has 0 amide bonds. The highest BCUT2D eigenvalue weighted by Crippen LogP contribution is 2.41. The third-order valence-electron chi connectivity index (χ3n) is 12.9. The molecule has 13 rings (SSSR count). The van der Waals surface area contributed by atoms with E-state index < -0.39 is 0 Å². The molecule has 0 atom stereocenters. The number of aromatic nitrogens is 2. The smallest absolute Gasteiger partial charge is 0.143 e. The number of benzene rings is 10. The van der Waals surface area contributed by atoms with Crippen LogP contribution < -0.4 is 4.90 Å². The number of rotatable bonds is 7. The van der Waals surface area contributed by atoms with Gasteiger partial charge in [-0.25, -0.2) is 0 Å². The molecule has 0 N–H and O–H groups in total. The summed E-state index contributed by atoms with van der Waals surface area (Å²) in [7, 11) is 0. The standard InChI is InChI=1S/C60H39N3O/c1-2-13-43(14-3-1)62-57-23-10-6-17-51(57)54-39-42(29-38-58(54)62)40-25-30-44(31-26-40)61(45-32-27-41(28-33-45)48-19-12-20-53-52-18-7-11-24-59(52)64-60(48)53)46-34-36-47(37-35-46)63-55-21-8-4-15-49(55)50-16-5-9-22-56(50)63/h1-39H. The van der Waals surface area contributed by atoms with Crippen LogP contribution in [-0.2, 0) is 0 Å². The van der Waals surface area contributed by atoms with Crippen LogP contribution in [0.25, 0.3) is 99.2 Å². The highest BCUT2D eigenvalue weighted by atomic mass is 16.3. The molecule has 0 aliphatic rings. The Morgan fingerprint density at radius 1 is 0.297 bits per heavy atom. The molecule has 3 heterocycles. The molecule has 4 nitrogen and oxygen atoms in total. The van der Waals surface area contributed by atoms with Crippen LogP contribution in [0.5, 0.6) is 0 Å². The predicted molar refractivity (Wildman–Crippen MR) is 268 cm³/mol. The second-order valence-corrected chi connectivity index (χ2v) is 16.5. The average molecular weight is 818 g/mol. The first-order valence-corrected chi connectivity index (χ1v) is 21.8. The number of hydrogen-bond donors (Lipinski definition) is 0. The zero-order valence-corrected chi connectivity index (χ0v) is 34.8. The van der Waals surface area contributed by atoms with E-state index in [2.05, 4.69) is 238 Å². The van der Waals surface area contributed by atoms with Gasteiger partial charge in [0.25, 0.3) is 0 Å². The zero-order chi connectivity index (χ0) is 42.1. The first kappa shape index (κ1) is 36.1. The Balaban J connectivity index is 0.910. The van der Waals surface area contributed by atoms with Gasteiger partial charge in [-0.05, 0) is 114 Å². The maximum absolute atomic E-state index is 6.45. The van der Waals surface area contributed by atoms with E-state index in [1.807, 2.05) is 12.1 Å². The number of furan rings is 1. The summed E-state index contributed by atoms with van der Waals surface area (Å²) in [5.41, 5.74) is 16.6. The summed E-state index contributed by atoms with van der Waals surface area (Å²) in [5.74, 6) is 0. The fraction of sp³-hybridized carbons (Fsp3) is 0. The molecule has 10 aromatic carbocycles. The summed E-state index contributed by atoms with van der Waals surface area (Å²) in [6, 6.07) is 85.1. The quantitative estimate of drug-likeness (QED) is 0.160. The van der Waals surface area contributed by atoms with Crippen molar-refractivity contribution in [3.63, 3.8) is 0 Å². The van der Waals surface area contributed by atoms with Crippen molar-refractivity contribution in [2.24, 2.45) is 0 Å². The van der Waals surface area contributed by atoms with Gasteiger partial charge in [0.1, 0.15) is 11.2 Å². The molecule has 0 spiro atoms. The Kier molecular flexibility index (Phi) is 8.18. The van der Waals surface area contributed by atoms with Gasteiger partial charge in [-0.15, -0.1) is 0 Å². The van der Waals surface area contributed by atoms with Crippen molar-refractivity contribution in [3.05, 3.63) is 237 Å². The van der Waals surface area contributed by atoms with Gasteiger partial charge < -0.3 is 18.5 Å². The van der Waals surface area contributed by atoms with E-state index in [1.165, 1.54) is 49.2 Å². The molecule has 13 aromatic rings. The van der Waals surface area contributed by atoms with E-state index in [1.54, 1.807) is 0 Å². The van der Waals surface area contributed by atoms with E-state index in [0.29, 0.717) is 0 Å². The molecular weight excluding hydrogens is 779 g/mol. The molecule has 0 fully saturated rings. The molecule has 0 bridgehead atoms. The molecule has 0 aliphatic carbocycles. The van der Waals surface area contributed by atoms with Crippen LogP contribution in [0.4, 0.5) is 17.1 Å². The minimum absolute atomic E-state index is 0.902. The van der Waals surface area contributed by atoms with Gasteiger partial charge in [-0.1, -0.05) is 140 Å². The highest BCUT2D eigenvalue weighted by Gasteiger charge is 2.18. The Labute approximate surface area is 369 Å². The monoisotopic (exact) mass is 817 g/mol. The summed E-state index contributed by atoms with van der Waals surface area (Å²) >= 11 is 0. The third kappa shape index (κ3) is 5.70. The normalized spacial score (nSPS) is 11.8. The third-order valence-corrected chi connectivity index (χ3v) is 12.9. The lowest BCUT2D eigenvalue weighted by atomic mass is 10.0. The van der Waals surface area contributed by atoms with Crippen molar-refractivity contribution in [2.75, 3.05) is 4.90 Å². The number of anilines is 3. The molecule has 0 saturated heterocycles. The van der Waals surface area contributed by atoms with Crippen molar-refractivity contribution in [2.45, 2.75) is 0 Å². The van der Waals surface area contributed by atoms with Gasteiger partial charge in [-0.2, -0.15) is 0 Å². The maximum Gasteiger partial charge on any atom is 0.143 e. The lowest BCUT2D eigenvalue weighted by Gasteiger charge is -2.26. The Morgan fingerprint density at radius 3 is 1.38 bits per heavy atom. The van der Waals surface area contributed by atoms with E-state index in [0.717, 1.165) is 67.1 Å². The van der Waals surface area contributed by atoms with Gasteiger partial charge >= 0.3 is 0 Å². The lowest BCUT2D eigenvalue weighted by Crippen LogP contribution is -2.10. The Bertz CT molecular complexity index is 3820. The van der Waals surface area contributed by atoms with Crippen LogP contribution in [0.2, 0.25) is 0 Å². The molecule has 64 heavy (non-hydrogen) atoms.